The van der Waals surface area contributed by atoms with Crippen LogP contribution in [0.25, 0.3) is 0 Å². The Bertz CT molecular complexity index is 444. The van der Waals surface area contributed by atoms with Crippen LogP contribution in [0.2, 0.25) is 5.02 Å². The molecule has 98 valence electrons. The van der Waals surface area contributed by atoms with E-state index in [4.69, 9.17) is 17.3 Å². The van der Waals surface area contributed by atoms with Gasteiger partial charge in [-0.15, -0.1) is 0 Å². The molecular weight excluding hydrogens is 250 g/mol. The van der Waals surface area contributed by atoms with Gasteiger partial charge in [0.2, 0.25) is 5.91 Å². The fraction of sp³-hybridized carbons (Fsp3) is 0.462. The molecule has 1 aromatic carbocycles. The maximum absolute atomic E-state index is 12.0. The summed E-state index contributed by atoms with van der Waals surface area (Å²) in [4.78, 5) is 15.8. The second-order valence-electron chi connectivity index (χ2n) is 4.65. The summed E-state index contributed by atoms with van der Waals surface area (Å²) in [5, 5.41) is 0.607. The minimum Gasteiger partial charge on any atom is -0.397 e. The van der Waals surface area contributed by atoms with E-state index < -0.39 is 0 Å². The first-order valence-electron chi connectivity index (χ1n) is 6.12. The van der Waals surface area contributed by atoms with E-state index in [1.54, 1.807) is 12.1 Å². The summed E-state index contributed by atoms with van der Waals surface area (Å²) in [5.41, 5.74) is 7.34. The number of nitrogens with two attached hydrogens (primary N) is 1. The number of rotatable bonds is 3. The molecular formula is C13H18ClN3O. The Morgan fingerprint density at radius 3 is 2.72 bits per heavy atom. The number of hydrogen-bond donors (Lipinski definition) is 1. The van der Waals surface area contributed by atoms with E-state index >= 15 is 0 Å². The lowest BCUT2D eigenvalue weighted by Crippen LogP contribution is -2.37. The van der Waals surface area contributed by atoms with Crippen molar-refractivity contribution in [1.29, 1.82) is 0 Å². The Morgan fingerprint density at radius 1 is 1.44 bits per heavy atom. The van der Waals surface area contributed by atoms with Crippen molar-refractivity contribution in [3.8, 4) is 0 Å². The monoisotopic (exact) mass is 267 g/mol. The predicted molar refractivity (Wildman–Crippen MR) is 74.9 cm³/mol. The van der Waals surface area contributed by atoms with Crippen LogP contribution in [0.1, 0.15) is 12.8 Å². The lowest BCUT2D eigenvalue weighted by molar-refractivity contribution is -0.128. The second-order valence-corrected chi connectivity index (χ2v) is 5.08. The largest absolute Gasteiger partial charge is 0.397 e. The van der Waals surface area contributed by atoms with Crippen LogP contribution in [0, 0.1) is 0 Å². The molecule has 0 radical (unpaired) electrons. The van der Waals surface area contributed by atoms with Crippen LogP contribution in [0.3, 0.4) is 0 Å². The highest BCUT2D eigenvalue weighted by Crippen LogP contribution is 2.25. The zero-order valence-electron chi connectivity index (χ0n) is 10.5. The van der Waals surface area contributed by atoms with Gasteiger partial charge in [-0.05, 0) is 31.0 Å². The van der Waals surface area contributed by atoms with E-state index in [2.05, 4.69) is 0 Å². The van der Waals surface area contributed by atoms with Crippen molar-refractivity contribution in [2.24, 2.45) is 0 Å². The van der Waals surface area contributed by atoms with Crippen LogP contribution in [0.5, 0.6) is 0 Å². The number of anilines is 2. The van der Waals surface area contributed by atoms with Crippen molar-refractivity contribution in [1.82, 2.24) is 4.90 Å². The van der Waals surface area contributed by atoms with E-state index in [1.165, 1.54) is 0 Å². The van der Waals surface area contributed by atoms with E-state index in [1.807, 2.05) is 22.9 Å². The van der Waals surface area contributed by atoms with Crippen molar-refractivity contribution in [2.45, 2.75) is 12.8 Å². The standard InChI is InChI=1S/C13H18ClN3O/c1-16(9-13(18)17-6-2-3-7-17)12-5-4-10(14)8-11(12)15/h4-5,8H,2-3,6-7,9,15H2,1H3. The molecule has 1 aliphatic heterocycles. The lowest BCUT2D eigenvalue weighted by atomic mass is 10.2. The van der Waals surface area contributed by atoms with Gasteiger partial charge in [0.1, 0.15) is 0 Å². The molecule has 2 N–H and O–H groups in total. The Hall–Kier alpha value is -1.42. The van der Waals surface area contributed by atoms with Crippen molar-refractivity contribution in [2.75, 3.05) is 37.3 Å². The van der Waals surface area contributed by atoms with Gasteiger partial charge in [0.05, 0.1) is 17.9 Å². The van der Waals surface area contributed by atoms with Gasteiger partial charge in [0, 0.05) is 25.2 Å². The third kappa shape index (κ3) is 2.88. The number of likely N-dealkylation sites (tertiary alicyclic amines) is 1. The molecule has 0 aromatic heterocycles. The molecule has 1 fully saturated rings. The highest BCUT2D eigenvalue weighted by molar-refractivity contribution is 6.31. The fourth-order valence-corrected chi connectivity index (χ4v) is 2.41. The molecule has 0 spiro atoms. The molecule has 1 aromatic rings. The summed E-state index contributed by atoms with van der Waals surface area (Å²) < 4.78 is 0. The minimum atomic E-state index is 0.157. The topological polar surface area (TPSA) is 49.6 Å². The predicted octanol–water partition coefficient (Wildman–Crippen LogP) is 1.98. The Morgan fingerprint density at radius 2 is 2.11 bits per heavy atom. The number of hydrogen-bond acceptors (Lipinski definition) is 3. The number of carbonyl (C=O) groups excluding carboxylic acids is 1. The van der Waals surface area contributed by atoms with Gasteiger partial charge in [-0.2, -0.15) is 0 Å². The number of nitrogen functional groups attached to an aromatic ring is 1. The van der Waals surface area contributed by atoms with E-state index in [0.717, 1.165) is 31.6 Å². The van der Waals surface area contributed by atoms with Crippen molar-refractivity contribution < 1.29 is 4.79 Å². The number of nitrogens with zero attached hydrogens (tertiary/aromatic N) is 2. The first kappa shape index (κ1) is 13.0. The molecule has 1 saturated heterocycles. The summed E-state index contributed by atoms with van der Waals surface area (Å²) in [7, 11) is 1.87. The first-order chi connectivity index (χ1) is 8.58. The summed E-state index contributed by atoms with van der Waals surface area (Å²) >= 11 is 5.86. The number of benzene rings is 1. The third-order valence-electron chi connectivity index (χ3n) is 3.23. The van der Waals surface area contributed by atoms with Crippen molar-refractivity contribution in [3.05, 3.63) is 23.2 Å². The molecule has 1 amide bonds. The average Bonchev–Trinajstić information content (AvgIpc) is 2.81. The van der Waals surface area contributed by atoms with Crippen LogP contribution in [-0.4, -0.2) is 37.5 Å². The van der Waals surface area contributed by atoms with Crippen LogP contribution in [-0.2, 0) is 4.79 Å². The van der Waals surface area contributed by atoms with Gasteiger partial charge in [-0.25, -0.2) is 0 Å². The summed E-state index contributed by atoms with van der Waals surface area (Å²) in [6.07, 6.45) is 2.22. The molecule has 0 saturated carbocycles. The Balaban J connectivity index is 2.02. The lowest BCUT2D eigenvalue weighted by Gasteiger charge is -2.24. The molecule has 0 atom stereocenters. The van der Waals surface area contributed by atoms with Crippen LogP contribution >= 0.6 is 11.6 Å². The van der Waals surface area contributed by atoms with E-state index in [-0.39, 0.29) is 5.91 Å². The number of likely N-dealkylation sites (N-methyl/N-ethyl adjacent to an activating group) is 1. The highest BCUT2D eigenvalue weighted by atomic mass is 35.5. The fourth-order valence-electron chi connectivity index (χ4n) is 2.23. The third-order valence-corrected chi connectivity index (χ3v) is 3.47. The molecule has 1 heterocycles. The summed E-state index contributed by atoms with van der Waals surface area (Å²) in [6.45, 7) is 2.11. The number of halogens is 1. The minimum absolute atomic E-state index is 0.157. The molecule has 0 aliphatic carbocycles. The van der Waals surface area contributed by atoms with E-state index in [0.29, 0.717) is 17.3 Å². The maximum atomic E-state index is 12.0. The van der Waals surface area contributed by atoms with Crippen molar-refractivity contribution >= 4 is 28.9 Å². The van der Waals surface area contributed by atoms with Crippen LogP contribution < -0.4 is 10.6 Å². The SMILES string of the molecule is CN(CC(=O)N1CCCC1)c1ccc(Cl)cc1N. The Labute approximate surface area is 112 Å². The van der Waals surface area contributed by atoms with Gasteiger partial charge in [0.25, 0.3) is 0 Å². The first-order valence-corrected chi connectivity index (χ1v) is 6.49. The quantitative estimate of drug-likeness (QED) is 0.852. The van der Waals surface area contributed by atoms with Gasteiger partial charge in [-0.1, -0.05) is 11.6 Å². The molecule has 2 rings (SSSR count). The highest BCUT2D eigenvalue weighted by Gasteiger charge is 2.19. The molecule has 5 heteroatoms. The Kier molecular flexibility index (Phi) is 3.97. The smallest absolute Gasteiger partial charge is 0.242 e. The molecule has 1 aliphatic rings. The van der Waals surface area contributed by atoms with Crippen LogP contribution in [0.4, 0.5) is 11.4 Å². The van der Waals surface area contributed by atoms with Crippen molar-refractivity contribution in [3.63, 3.8) is 0 Å². The summed E-state index contributed by atoms with van der Waals surface area (Å²) in [5.74, 6) is 0.157. The maximum Gasteiger partial charge on any atom is 0.242 e. The van der Waals surface area contributed by atoms with Gasteiger partial charge < -0.3 is 15.5 Å². The number of carbonyl (C=O) groups is 1. The van der Waals surface area contributed by atoms with Gasteiger partial charge >= 0.3 is 0 Å². The zero-order chi connectivity index (χ0) is 13.1. The average molecular weight is 268 g/mol. The molecule has 0 unspecified atom stereocenters. The number of amides is 1. The van der Waals surface area contributed by atoms with E-state index in [9.17, 15) is 4.79 Å². The second kappa shape index (κ2) is 5.48. The molecule has 0 bridgehead atoms. The summed E-state index contributed by atoms with van der Waals surface area (Å²) in [6, 6.07) is 5.33. The zero-order valence-corrected chi connectivity index (χ0v) is 11.3. The van der Waals surface area contributed by atoms with Gasteiger partial charge in [0.15, 0.2) is 0 Å². The molecule has 4 nitrogen and oxygen atoms in total. The van der Waals surface area contributed by atoms with Crippen LogP contribution in [0.15, 0.2) is 18.2 Å². The molecule has 18 heavy (non-hydrogen) atoms. The normalized spacial score (nSPS) is 14.9. The van der Waals surface area contributed by atoms with Gasteiger partial charge in [-0.3, -0.25) is 4.79 Å².